The molecule has 0 bridgehead atoms. The molecule has 2 aliphatic rings. The normalized spacial score (nSPS) is 27.7. The molecule has 0 aromatic carbocycles. The summed E-state index contributed by atoms with van der Waals surface area (Å²) in [5, 5.41) is 29.1. The smallest absolute Gasteiger partial charge is 0.227 e. The molecule has 0 radical (unpaired) electrons. The highest BCUT2D eigenvalue weighted by Gasteiger charge is 2.32. The number of nitrogens with zero attached hydrogens (tertiary/aromatic N) is 2. The number of hydrogen-bond acceptors (Lipinski definition) is 10. The maximum Gasteiger partial charge on any atom is 0.227 e. The molecule has 2 heterocycles. The molecular formula is C16H39N9O2S. The van der Waals surface area contributed by atoms with Gasteiger partial charge in [-0.2, -0.15) is 0 Å². The lowest BCUT2D eigenvalue weighted by atomic mass is 10.4. The van der Waals surface area contributed by atoms with Crippen molar-refractivity contribution in [2.75, 3.05) is 98.2 Å². The minimum absolute atomic E-state index is 0.307. The molecule has 0 aliphatic carbocycles. The van der Waals surface area contributed by atoms with Crippen molar-refractivity contribution in [3.8, 4) is 0 Å². The van der Waals surface area contributed by atoms with Gasteiger partial charge in [-0.15, -0.1) is 0 Å². The highest BCUT2D eigenvalue weighted by molar-refractivity contribution is 7.89. The summed E-state index contributed by atoms with van der Waals surface area (Å²) in [5.74, 6) is 0. The molecular weight excluding hydrogens is 382 g/mol. The van der Waals surface area contributed by atoms with Crippen molar-refractivity contribution in [2.24, 2.45) is 5.14 Å². The van der Waals surface area contributed by atoms with Crippen LogP contribution in [0, 0.1) is 0 Å². The molecule has 11 nitrogen and oxygen atoms in total. The van der Waals surface area contributed by atoms with Gasteiger partial charge < -0.3 is 31.9 Å². The van der Waals surface area contributed by atoms with Crippen molar-refractivity contribution in [1.82, 2.24) is 41.9 Å². The van der Waals surface area contributed by atoms with Crippen molar-refractivity contribution in [3.63, 3.8) is 0 Å². The van der Waals surface area contributed by atoms with Crippen LogP contribution >= 0.6 is 0 Å². The third kappa shape index (κ3) is 9.39. The van der Waals surface area contributed by atoms with E-state index < -0.39 is 15.4 Å². The highest BCUT2D eigenvalue weighted by Crippen LogP contribution is 2.09. The predicted molar refractivity (Wildman–Crippen MR) is 112 cm³/mol. The zero-order valence-electron chi connectivity index (χ0n) is 16.9. The van der Waals surface area contributed by atoms with Crippen LogP contribution in [-0.4, -0.2) is 122 Å². The SMILES string of the molecule is NS(=O)(=O)C1CNCCNCCNCCN1N1CCNCCNCCNCC1. The van der Waals surface area contributed by atoms with Gasteiger partial charge in [0.25, 0.3) is 0 Å². The van der Waals surface area contributed by atoms with Gasteiger partial charge >= 0.3 is 0 Å². The Morgan fingerprint density at radius 2 is 1.00 bits per heavy atom. The Morgan fingerprint density at radius 3 is 1.46 bits per heavy atom. The molecule has 0 spiro atoms. The monoisotopic (exact) mass is 421 g/mol. The first-order chi connectivity index (χ1) is 13.6. The van der Waals surface area contributed by atoms with E-state index in [1.165, 1.54) is 0 Å². The topological polar surface area (TPSA) is 139 Å². The lowest BCUT2D eigenvalue weighted by Gasteiger charge is -2.40. The van der Waals surface area contributed by atoms with Crippen LogP contribution in [0.5, 0.6) is 0 Å². The fourth-order valence-electron chi connectivity index (χ4n) is 3.39. The summed E-state index contributed by atoms with van der Waals surface area (Å²) in [4.78, 5) is 0. The number of hydrogen-bond donors (Lipinski definition) is 7. The van der Waals surface area contributed by atoms with Crippen molar-refractivity contribution in [2.45, 2.75) is 5.37 Å². The van der Waals surface area contributed by atoms with Crippen molar-refractivity contribution < 1.29 is 8.42 Å². The maximum atomic E-state index is 12.4. The maximum absolute atomic E-state index is 12.4. The molecule has 0 aromatic rings. The molecule has 1 unspecified atom stereocenters. The number of rotatable bonds is 2. The number of primary sulfonamides is 1. The van der Waals surface area contributed by atoms with Gasteiger partial charge in [0.05, 0.1) is 0 Å². The summed E-state index contributed by atoms with van der Waals surface area (Å²) >= 11 is 0. The van der Waals surface area contributed by atoms with Gasteiger partial charge in [0, 0.05) is 98.2 Å². The summed E-state index contributed by atoms with van der Waals surface area (Å²) in [7, 11) is -3.74. The van der Waals surface area contributed by atoms with Gasteiger partial charge in [-0.3, -0.25) is 0 Å². The quantitative estimate of drug-likeness (QED) is 0.234. The van der Waals surface area contributed by atoms with Gasteiger partial charge in [-0.25, -0.2) is 23.6 Å². The van der Waals surface area contributed by atoms with Gasteiger partial charge in [0.15, 0.2) is 5.37 Å². The Labute approximate surface area is 169 Å². The zero-order valence-corrected chi connectivity index (χ0v) is 17.7. The molecule has 166 valence electrons. The number of sulfonamides is 1. The molecule has 0 aromatic heterocycles. The highest BCUT2D eigenvalue weighted by atomic mass is 32.2. The van der Waals surface area contributed by atoms with Crippen LogP contribution in [0.2, 0.25) is 0 Å². The summed E-state index contributed by atoms with van der Waals surface area (Å²) in [6.07, 6.45) is 0. The number of nitrogens with one attached hydrogen (secondary N) is 6. The molecule has 8 N–H and O–H groups in total. The number of nitrogens with two attached hydrogens (primary N) is 1. The summed E-state index contributed by atoms with van der Waals surface area (Å²) in [6, 6.07) is 0. The van der Waals surface area contributed by atoms with Crippen LogP contribution < -0.4 is 37.0 Å². The Hall–Kier alpha value is -0.410. The second-order valence-corrected chi connectivity index (χ2v) is 8.84. The molecule has 28 heavy (non-hydrogen) atoms. The first kappa shape index (κ1) is 23.9. The Kier molecular flexibility index (Phi) is 11.7. The van der Waals surface area contributed by atoms with E-state index in [4.69, 9.17) is 5.14 Å². The molecule has 2 aliphatic heterocycles. The Morgan fingerprint density at radius 1 is 0.607 bits per heavy atom. The molecule has 0 saturated carbocycles. The van der Waals surface area contributed by atoms with Gasteiger partial charge in [0.1, 0.15) is 0 Å². The number of hydrazine groups is 1. The first-order valence-electron chi connectivity index (χ1n) is 10.4. The molecule has 2 saturated heterocycles. The minimum atomic E-state index is -3.74. The average Bonchev–Trinajstić information content (AvgIpc) is 2.62. The predicted octanol–water partition coefficient (Wildman–Crippen LogP) is -4.32. The van der Waals surface area contributed by atoms with Crippen LogP contribution in [0.4, 0.5) is 0 Å². The van der Waals surface area contributed by atoms with Crippen LogP contribution in [0.3, 0.4) is 0 Å². The summed E-state index contributed by atoms with van der Waals surface area (Å²) in [6.45, 7) is 11.5. The van der Waals surface area contributed by atoms with E-state index in [0.717, 1.165) is 72.0 Å². The molecule has 0 amide bonds. The van der Waals surface area contributed by atoms with E-state index in [2.05, 4.69) is 36.9 Å². The third-order valence-corrected chi connectivity index (χ3v) is 6.09. The van der Waals surface area contributed by atoms with E-state index in [-0.39, 0.29) is 0 Å². The van der Waals surface area contributed by atoms with Crippen LogP contribution in [-0.2, 0) is 10.0 Å². The molecule has 12 heteroatoms. The summed E-state index contributed by atoms with van der Waals surface area (Å²) in [5.41, 5.74) is 0. The fourth-order valence-corrected chi connectivity index (χ4v) is 4.32. The third-order valence-electron chi connectivity index (χ3n) is 4.92. The molecule has 1 atom stereocenters. The molecule has 2 rings (SSSR count). The zero-order chi connectivity index (χ0) is 20.1. The van der Waals surface area contributed by atoms with Crippen LogP contribution in [0.25, 0.3) is 0 Å². The average molecular weight is 422 g/mol. The van der Waals surface area contributed by atoms with E-state index in [1.807, 2.05) is 5.01 Å². The van der Waals surface area contributed by atoms with Crippen molar-refractivity contribution >= 4 is 10.0 Å². The van der Waals surface area contributed by atoms with Gasteiger partial charge in [-0.05, 0) is 0 Å². The van der Waals surface area contributed by atoms with E-state index >= 15 is 0 Å². The van der Waals surface area contributed by atoms with Gasteiger partial charge in [-0.1, -0.05) is 0 Å². The lowest BCUT2D eigenvalue weighted by molar-refractivity contribution is -0.0347. The van der Waals surface area contributed by atoms with Crippen molar-refractivity contribution in [1.29, 1.82) is 0 Å². The Bertz CT molecular complexity index is 496. The first-order valence-corrected chi connectivity index (χ1v) is 12.0. The van der Waals surface area contributed by atoms with E-state index in [0.29, 0.717) is 26.2 Å². The van der Waals surface area contributed by atoms with E-state index in [9.17, 15) is 8.42 Å². The summed E-state index contributed by atoms with van der Waals surface area (Å²) < 4.78 is 24.9. The van der Waals surface area contributed by atoms with Crippen molar-refractivity contribution in [3.05, 3.63) is 0 Å². The van der Waals surface area contributed by atoms with Crippen LogP contribution in [0.15, 0.2) is 0 Å². The van der Waals surface area contributed by atoms with Gasteiger partial charge in [0.2, 0.25) is 10.0 Å². The molecule has 2 fully saturated rings. The largest absolute Gasteiger partial charge is 0.314 e. The minimum Gasteiger partial charge on any atom is -0.314 e. The second kappa shape index (κ2) is 13.7. The van der Waals surface area contributed by atoms with E-state index in [1.54, 1.807) is 0 Å². The fraction of sp³-hybridized carbons (Fsp3) is 1.00. The lowest BCUT2D eigenvalue weighted by Crippen LogP contribution is -2.61. The standard InChI is InChI=1S/C16H39N9O2S/c17-28(26,27)16-15-23-8-7-19-3-6-22-11-14-25(16)24-12-9-20-4-1-18-2-5-21-10-13-24/h16,18-23H,1-15H2,(H2,17,26,27). The van der Waals surface area contributed by atoms with Crippen LogP contribution in [0.1, 0.15) is 0 Å². The second-order valence-electron chi connectivity index (χ2n) is 7.11. The Balaban J connectivity index is 2.11.